The number of carboxylic acids is 1. The van der Waals surface area contributed by atoms with Crippen molar-refractivity contribution in [3.63, 3.8) is 0 Å². The van der Waals surface area contributed by atoms with E-state index in [1.807, 2.05) is 35.9 Å². The van der Waals surface area contributed by atoms with Crippen molar-refractivity contribution in [1.82, 2.24) is 4.90 Å². The van der Waals surface area contributed by atoms with Crippen LogP contribution in [0.1, 0.15) is 28.8 Å². The van der Waals surface area contributed by atoms with Gasteiger partial charge in [0, 0.05) is 31.3 Å². The number of carboxylic acid groups (broad SMARTS) is 1. The third-order valence-corrected chi connectivity index (χ3v) is 5.00. The highest BCUT2D eigenvalue weighted by Crippen LogP contribution is 2.30. The monoisotopic (exact) mass is 345 g/mol. The van der Waals surface area contributed by atoms with Crippen LogP contribution in [-0.4, -0.2) is 40.6 Å². The Morgan fingerprint density at radius 1 is 1.25 bits per heavy atom. The molecule has 0 radical (unpaired) electrons. The molecular weight excluding hydrogens is 326 g/mol. The summed E-state index contributed by atoms with van der Waals surface area (Å²) in [6, 6.07) is 9.15. The Kier molecular flexibility index (Phi) is 4.57. The molecule has 1 aliphatic rings. The number of benzene rings is 1. The van der Waals surface area contributed by atoms with Crippen molar-refractivity contribution >= 4 is 23.2 Å². The smallest absolute Gasteiger partial charge is 0.348 e. The summed E-state index contributed by atoms with van der Waals surface area (Å²) in [7, 11) is 0. The number of hydrogen-bond donors (Lipinski definition) is 1. The normalized spacial score (nSPS) is 16.6. The van der Waals surface area contributed by atoms with E-state index in [4.69, 9.17) is 4.74 Å². The maximum atomic E-state index is 12.4. The Hall–Kier alpha value is -2.34. The van der Waals surface area contributed by atoms with Crippen LogP contribution in [0, 0.1) is 6.92 Å². The number of piperidine rings is 1. The van der Waals surface area contributed by atoms with E-state index in [0.29, 0.717) is 24.4 Å². The number of likely N-dealkylation sites (tertiary alicyclic amines) is 1. The summed E-state index contributed by atoms with van der Waals surface area (Å²) < 4.78 is 5.87. The zero-order valence-corrected chi connectivity index (χ0v) is 14.2. The zero-order chi connectivity index (χ0) is 17.2. The number of nitrogens with zero attached hydrogens (tertiary/aromatic N) is 1. The van der Waals surface area contributed by atoms with Gasteiger partial charge in [0.2, 0.25) is 5.60 Å². The molecular formula is C18H19NO4S. The SMILES string of the molecule is Cc1cccc(OC2(C(=O)O)CCN(C(=O)c3ccsc3)CC2)c1. The molecule has 0 saturated carbocycles. The van der Waals surface area contributed by atoms with Crippen LogP contribution >= 0.6 is 11.3 Å². The topological polar surface area (TPSA) is 66.8 Å². The van der Waals surface area contributed by atoms with Gasteiger partial charge in [0.1, 0.15) is 5.75 Å². The van der Waals surface area contributed by atoms with Crippen molar-refractivity contribution < 1.29 is 19.4 Å². The second-order valence-corrected chi connectivity index (χ2v) is 6.80. The number of aliphatic carboxylic acids is 1. The van der Waals surface area contributed by atoms with Crippen LogP contribution < -0.4 is 4.74 Å². The molecule has 126 valence electrons. The van der Waals surface area contributed by atoms with Gasteiger partial charge in [0.15, 0.2) is 0 Å². The summed E-state index contributed by atoms with van der Waals surface area (Å²) in [5, 5.41) is 13.4. The van der Waals surface area contributed by atoms with Gasteiger partial charge in [0.05, 0.1) is 5.56 Å². The lowest BCUT2D eigenvalue weighted by Crippen LogP contribution is -2.54. The Bertz CT molecular complexity index is 733. The van der Waals surface area contributed by atoms with Crippen LogP contribution in [0.15, 0.2) is 41.1 Å². The van der Waals surface area contributed by atoms with E-state index >= 15 is 0 Å². The van der Waals surface area contributed by atoms with Crippen LogP contribution in [0.4, 0.5) is 0 Å². The second kappa shape index (κ2) is 6.65. The van der Waals surface area contributed by atoms with Gasteiger partial charge >= 0.3 is 5.97 Å². The number of aryl methyl sites for hydroxylation is 1. The van der Waals surface area contributed by atoms with Gasteiger partial charge in [-0.3, -0.25) is 4.79 Å². The zero-order valence-electron chi connectivity index (χ0n) is 13.4. The van der Waals surface area contributed by atoms with E-state index in [1.165, 1.54) is 11.3 Å². The Balaban J connectivity index is 1.72. The highest BCUT2D eigenvalue weighted by atomic mass is 32.1. The summed E-state index contributed by atoms with van der Waals surface area (Å²) in [5.74, 6) is -0.479. The van der Waals surface area contributed by atoms with Gasteiger partial charge in [0.25, 0.3) is 5.91 Å². The summed E-state index contributed by atoms with van der Waals surface area (Å²) in [6.45, 7) is 2.67. The minimum absolute atomic E-state index is 0.0502. The minimum atomic E-state index is -1.28. The molecule has 0 unspecified atom stereocenters. The van der Waals surface area contributed by atoms with Gasteiger partial charge in [-0.25, -0.2) is 4.79 Å². The summed E-state index contributed by atoms with van der Waals surface area (Å²) in [5.41, 5.74) is 0.389. The predicted molar refractivity (Wildman–Crippen MR) is 91.6 cm³/mol. The molecule has 3 rings (SSSR count). The van der Waals surface area contributed by atoms with Crippen molar-refractivity contribution in [2.24, 2.45) is 0 Å². The average Bonchev–Trinajstić information content (AvgIpc) is 3.09. The van der Waals surface area contributed by atoms with Crippen LogP contribution in [0.3, 0.4) is 0 Å². The molecule has 0 atom stereocenters. The van der Waals surface area contributed by atoms with Crippen LogP contribution in [0.2, 0.25) is 0 Å². The van der Waals surface area contributed by atoms with E-state index in [1.54, 1.807) is 17.0 Å². The molecule has 1 aromatic heterocycles. The maximum absolute atomic E-state index is 12.4. The maximum Gasteiger partial charge on any atom is 0.348 e. The third kappa shape index (κ3) is 3.28. The first-order chi connectivity index (χ1) is 11.5. The van der Waals surface area contributed by atoms with Crippen molar-refractivity contribution in [3.8, 4) is 5.75 Å². The van der Waals surface area contributed by atoms with Crippen molar-refractivity contribution in [2.45, 2.75) is 25.4 Å². The van der Waals surface area contributed by atoms with Crippen molar-refractivity contribution in [3.05, 3.63) is 52.2 Å². The highest BCUT2D eigenvalue weighted by Gasteiger charge is 2.45. The molecule has 6 heteroatoms. The number of hydrogen-bond acceptors (Lipinski definition) is 4. The lowest BCUT2D eigenvalue weighted by atomic mass is 9.90. The number of carbonyl (C=O) groups excluding carboxylic acids is 1. The highest BCUT2D eigenvalue weighted by molar-refractivity contribution is 7.08. The number of carbonyl (C=O) groups is 2. The first-order valence-electron chi connectivity index (χ1n) is 7.81. The predicted octanol–water partition coefficient (Wildman–Crippen LogP) is 3.19. The Morgan fingerprint density at radius 2 is 2.00 bits per heavy atom. The molecule has 1 aliphatic heterocycles. The van der Waals surface area contributed by atoms with Gasteiger partial charge in [-0.1, -0.05) is 12.1 Å². The summed E-state index contributed by atoms with van der Waals surface area (Å²) >= 11 is 1.47. The van der Waals surface area contributed by atoms with Gasteiger partial charge < -0.3 is 14.7 Å². The van der Waals surface area contributed by atoms with Gasteiger partial charge in [-0.05, 0) is 36.1 Å². The van der Waals surface area contributed by atoms with E-state index in [2.05, 4.69) is 0 Å². The molecule has 2 heterocycles. The standard InChI is InChI=1S/C18H19NO4S/c1-13-3-2-4-15(11-13)23-18(17(21)22)6-8-19(9-7-18)16(20)14-5-10-24-12-14/h2-5,10-12H,6-9H2,1H3,(H,21,22). The van der Waals surface area contributed by atoms with E-state index in [0.717, 1.165) is 5.56 Å². The Labute approximate surface area is 144 Å². The second-order valence-electron chi connectivity index (χ2n) is 6.02. The number of ether oxygens (including phenoxy) is 1. The molecule has 1 N–H and O–H groups in total. The summed E-state index contributed by atoms with van der Waals surface area (Å²) in [6.07, 6.45) is 0.540. The van der Waals surface area contributed by atoms with Crippen LogP contribution in [0.25, 0.3) is 0 Å². The molecule has 24 heavy (non-hydrogen) atoms. The van der Waals surface area contributed by atoms with Crippen molar-refractivity contribution in [2.75, 3.05) is 13.1 Å². The number of amides is 1. The quantitative estimate of drug-likeness (QED) is 0.924. The Morgan fingerprint density at radius 3 is 2.58 bits per heavy atom. The molecule has 5 nitrogen and oxygen atoms in total. The van der Waals surface area contributed by atoms with Gasteiger partial charge in [-0.2, -0.15) is 11.3 Å². The van der Waals surface area contributed by atoms with Crippen molar-refractivity contribution in [1.29, 1.82) is 0 Å². The molecule has 1 fully saturated rings. The number of thiophene rings is 1. The molecule has 0 aliphatic carbocycles. The molecule has 1 saturated heterocycles. The van der Waals surface area contributed by atoms with E-state index < -0.39 is 11.6 Å². The van der Waals surface area contributed by atoms with Gasteiger partial charge in [-0.15, -0.1) is 0 Å². The first kappa shape index (κ1) is 16.5. The van der Waals surface area contributed by atoms with Crippen LogP contribution in [0.5, 0.6) is 5.75 Å². The first-order valence-corrected chi connectivity index (χ1v) is 8.75. The lowest BCUT2D eigenvalue weighted by Gasteiger charge is -2.38. The molecule has 0 bridgehead atoms. The largest absolute Gasteiger partial charge is 0.478 e. The number of rotatable bonds is 4. The molecule has 0 spiro atoms. The minimum Gasteiger partial charge on any atom is -0.478 e. The average molecular weight is 345 g/mol. The molecule has 1 aromatic carbocycles. The molecule has 1 amide bonds. The van der Waals surface area contributed by atoms with Crippen LogP contribution in [-0.2, 0) is 4.79 Å². The molecule has 2 aromatic rings. The summed E-state index contributed by atoms with van der Waals surface area (Å²) in [4.78, 5) is 25.9. The fraction of sp³-hybridized carbons (Fsp3) is 0.333. The fourth-order valence-corrected chi connectivity index (χ4v) is 3.53. The lowest BCUT2D eigenvalue weighted by molar-refractivity contribution is -0.159. The fourth-order valence-electron chi connectivity index (χ4n) is 2.90. The third-order valence-electron chi connectivity index (χ3n) is 4.32. The van der Waals surface area contributed by atoms with E-state index in [-0.39, 0.29) is 18.7 Å². The van der Waals surface area contributed by atoms with E-state index in [9.17, 15) is 14.7 Å².